The number of benzene rings is 3. The lowest BCUT2D eigenvalue weighted by molar-refractivity contribution is -0.174. The first-order chi connectivity index (χ1) is 14.4. The molecule has 3 rings (SSSR count). The minimum atomic E-state index is -3.90. The highest BCUT2D eigenvalue weighted by Crippen LogP contribution is 2.39. The van der Waals surface area contributed by atoms with Gasteiger partial charge in [-0.2, -0.15) is 8.78 Å². The summed E-state index contributed by atoms with van der Waals surface area (Å²) in [6, 6.07) is 20.0. The van der Waals surface area contributed by atoms with Gasteiger partial charge in [0.25, 0.3) is 0 Å². The number of hydrogen-bond acceptors (Lipinski definition) is 5. The smallest absolute Gasteiger partial charge is 0.379 e. The van der Waals surface area contributed by atoms with E-state index in [1.54, 1.807) is 48.5 Å². The fourth-order valence-electron chi connectivity index (χ4n) is 2.68. The number of carbonyl (C=O) groups excluding carboxylic acids is 1. The molecule has 0 saturated carbocycles. The molecule has 0 radical (unpaired) electrons. The Morgan fingerprint density at radius 2 is 1.43 bits per heavy atom. The third-order valence-corrected chi connectivity index (χ3v) is 4.21. The third kappa shape index (κ3) is 4.93. The van der Waals surface area contributed by atoms with Gasteiger partial charge in [-0.25, -0.2) is 4.79 Å². The number of para-hydroxylation sites is 2. The number of rotatable bonds is 8. The third-order valence-electron chi connectivity index (χ3n) is 4.21. The zero-order chi connectivity index (χ0) is 21.6. The number of nitrogens with two attached hydrogens (primary N) is 1. The molecule has 0 aliphatic heterocycles. The molecule has 2 N–H and O–H groups in total. The van der Waals surface area contributed by atoms with Crippen molar-refractivity contribution in [1.29, 1.82) is 0 Å². The maximum Gasteiger partial charge on any atom is 0.379 e. The summed E-state index contributed by atoms with van der Waals surface area (Å²) in [7, 11) is 0. The highest BCUT2D eigenvalue weighted by molar-refractivity contribution is 5.79. The number of alkyl halides is 2. The second kappa shape index (κ2) is 9.37. The van der Waals surface area contributed by atoms with E-state index in [0.29, 0.717) is 17.2 Å². The van der Waals surface area contributed by atoms with E-state index in [0.717, 1.165) is 0 Å². The predicted octanol–water partition coefficient (Wildman–Crippen LogP) is 5.47. The summed E-state index contributed by atoms with van der Waals surface area (Å²) >= 11 is 0. The molecule has 0 bridgehead atoms. The fourth-order valence-corrected chi connectivity index (χ4v) is 2.68. The maximum absolute atomic E-state index is 14.4. The highest BCUT2D eigenvalue weighted by Gasteiger charge is 2.48. The van der Waals surface area contributed by atoms with Crippen LogP contribution in [-0.4, -0.2) is 18.5 Å². The Balaban J connectivity index is 1.96. The van der Waals surface area contributed by atoms with Crippen molar-refractivity contribution < 1.29 is 27.8 Å². The van der Waals surface area contributed by atoms with Gasteiger partial charge in [-0.15, -0.1) is 0 Å². The number of hydrogen-bond donors (Lipinski definition) is 1. The zero-order valence-corrected chi connectivity index (χ0v) is 16.3. The average Bonchev–Trinajstić information content (AvgIpc) is 2.76. The molecule has 0 aromatic heterocycles. The predicted molar refractivity (Wildman–Crippen MR) is 108 cm³/mol. The van der Waals surface area contributed by atoms with E-state index in [-0.39, 0.29) is 17.9 Å². The van der Waals surface area contributed by atoms with Crippen LogP contribution in [0.15, 0.2) is 78.9 Å². The largest absolute Gasteiger partial charge is 0.462 e. The van der Waals surface area contributed by atoms with Gasteiger partial charge in [0.1, 0.15) is 17.5 Å². The molecule has 3 aromatic rings. The van der Waals surface area contributed by atoms with Crippen LogP contribution < -0.4 is 15.2 Å². The van der Waals surface area contributed by atoms with E-state index in [1.807, 2.05) is 12.1 Å². The molecule has 156 valence electrons. The van der Waals surface area contributed by atoms with Gasteiger partial charge in [-0.3, -0.25) is 0 Å². The Morgan fingerprint density at radius 3 is 1.97 bits per heavy atom. The van der Waals surface area contributed by atoms with Crippen LogP contribution in [0, 0.1) is 0 Å². The number of halogens is 2. The van der Waals surface area contributed by atoms with E-state index in [2.05, 4.69) is 4.74 Å². The van der Waals surface area contributed by atoms with Crippen molar-refractivity contribution in [3.05, 3.63) is 84.4 Å². The van der Waals surface area contributed by atoms with Crippen LogP contribution in [0.3, 0.4) is 0 Å². The van der Waals surface area contributed by atoms with E-state index in [1.165, 1.54) is 25.1 Å². The lowest BCUT2D eigenvalue weighted by Gasteiger charge is -2.23. The SMILES string of the molecule is CCOC(=O)C(F)(F)[C@@H](N)c1ccc(Oc2ccccc2)c(Oc2ccccc2)c1. The molecule has 0 fully saturated rings. The van der Waals surface area contributed by atoms with Crippen LogP contribution in [0.2, 0.25) is 0 Å². The van der Waals surface area contributed by atoms with Crippen LogP contribution in [-0.2, 0) is 9.53 Å². The Morgan fingerprint density at radius 1 is 0.900 bits per heavy atom. The Labute approximate surface area is 173 Å². The second-order valence-corrected chi connectivity index (χ2v) is 6.36. The lowest BCUT2D eigenvalue weighted by atomic mass is 10.0. The molecule has 0 amide bonds. The molecule has 1 atom stereocenters. The van der Waals surface area contributed by atoms with Crippen molar-refractivity contribution >= 4 is 5.97 Å². The molecule has 0 saturated heterocycles. The topological polar surface area (TPSA) is 70.8 Å². The summed E-state index contributed by atoms with van der Waals surface area (Å²) in [5.41, 5.74) is 5.72. The monoisotopic (exact) mass is 413 g/mol. The number of carbonyl (C=O) groups is 1. The van der Waals surface area contributed by atoms with Crippen LogP contribution in [0.25, 0.3) is 0 Å². The maximum atomic E-state index is 14.4. The van der Waals surface area contributed by atoms with Crippen molar-refractivity contribution in [2.24, 2.45) is 5.73 Å². The Bertz CT molecular complexity index is 981. The Hall–Kier alpha value is -3.45. The van der Waals surface area contributed by atoms with E-state index >= 15 is 0 Å². The van der Waals surface area contributed by atoms with Crippen molar-refractivity contribution in [2.75, 3.05) is 6.61 Å². The zero-order valence-electron chi connectivity index (χ0n) is 16.3. The summed E-state index contributed by atoms with van der Waals surface area (Å²) in [6.07, 6.45) is 0. The summed E-state index contributed by atoms with van der Waals surface area (Å²) in [6.45, 7) is 1.27. The first-order valence-electron chi connectivity index (χ1n) is 9.32. The van der Waals surface area contributed by atoms with Gasteiger partial charge in [0.05, 0.1) is 6.61 Å². The van der Waals surface area contributed by atoms with Gasteiger partial charge in [-0.1, -0.05) is 42.5 Å². The van der Waals surface area contributed by atoms with Crippen LogP contribution in [0.5, 0.6) is 23.0 Å². The molecule has 7 heteroatoms. The molecule has 0 spiro atoms. The van der Waals surface area contributed by atoms with E-state index in [4.69, 9.17) is 15.2 Å². The van der Waals surface area contributed by atoms with Crippen molar-refractivity contribution in [1.82, 2.24) is 0 Å². The van der Waals surface area contributed by atoms with Crippen molar-refractivity contribution in [3.8, 4) is 23.0 Å². The van der Waals surface area contributed by atoms with Crippen molar-refractivity contribution in [3.63, 3.8) is 0 Å². The summed E-state index contributed by atoms with van der Waals surface area (Å²) in [4.78, 5) is 11.7. The van der Waals surface area contributed by atoms with Gasteiger partial charge in [0, 0.05) is 0 Å². The van der Waals surface area contributed by atoms with Crippen LogP contribution in [0.4, 0.5) is 8.78 Å². The highest BCUT2D eigenvalue weighted by atomic mass is 19.3. The summed E-state index contributed by atoms with van der Waals surface area (Å²) in [5, 5.41) is 0. The normalized spacial score (nSPS) is 12.1. The van der Waals surface area contributed by atoms with Crippen LogP contribution >= 0.6 is 0 Å². The second-order valence-electron chi connectivity index (χ2n) is 6.36. The van der Waals surface area contributed by atoms with Gasteiger partial charge in [-0.05, 0) is 48.9 Å². The van der Waals surface area contributed by atoms with Crippen molar-refractivity contribution in [2.45, 2.75) is 18.9 Å². The first kappa shape index (κ1) is 21.3. The lowest BCUT2D eigenvalue weighted by Crippen LogP contribution is -2.41. The first-order valence-corrected chi connectivity index (χ1v) is 9.32. The molecule has 0 aliphatic carbocycles. The van der Waals surface area contributed by atoms with Crippen LogP contribution in [0.1, 0.15) is 18.5 Å². The molecular weight excluding hydrogens is 392 g/mol. The molecule has 0 heterocycles. The molecule has 5 nitrogen and oxygen atoms in total. The molecular formula is C23H21F2NO4. The minimum absolute atomic E-state index is 0.000559. The molecule has 0 unspecified atom stereocenters. The van der Waals surface area contributed by atoms with Gasteiger partial charge in [0.15, 0.2) is 11.5 Å². The average molecular weight is 413 g/mol. The number of esters is 1. The van der Waals surface area contributed by atoms with E-state index in [9.17, 15) is 13.6 Å². The van der Waals surface area contributed by atoms with Gasteiger partial charge in [0.2, 0.25) is 0 Å². The Kier molecular flexibility index (Phi) is 6.64. The molecule has 30 heavy (non-hydrogen) atoms. The molecule has 3 aromatic carbocycles. The van der Waals surface area contributed by atoms with E-state index < -0.39 is 17.9 Å². The number of ether oxygens (including phenoxy) is 3. The van der Waals surface area contributed by atoms with Gasteiger partial charge < -0.3 is 19.9 Å². The standard InChI is InChI=1S/C23H21F2NO4/c1-2-28-22(27)23(24,25)21(26)16-13-14-19(29-17-9-5-3-6-10-17)20(15-16)30-18-11-7-4-8-12-18/h3-15,21H,2,26H2,1H3/t21-/m0/s1. The summed E-state index contributed by atoms with van der Waals surface area (Å²) in [5.74, 6) is -4.06. The summed E-state index contributed by atoms with van der Waals surface area (Å²) < 4.78 is 45.0. The minimum Gasteiger partial charge on any atom is -0.462 e. The van der Waals surface area contributed by atoms with Gasteiger partial charge >= 0.3 is 11.9 Å². The quantitative estimate of drug-likeness (QED) is 0.496. The fraction of sp³-hybridized carbons (Fsp3) is 0.174. The molecule has 0 aliphatic rings.